The van der Waals surface area contributed by atoms with Gasteiger partial charge in [-0.3, -0.25) is 4.57 Å². The van der Waals surface area contributed by atoms with E-state index in [1.54, 1.807) is 0 Å². The van der Waals surface area contributed by atoms with Crippen LogP contribution in [0.25, 0.3) is 94.0 Å². The highest BCUT2D eigenvalue weighted by molar-refractivity contribution is 6.23. The summed E-state index contributed by atoms with van der Waals surface area (Å²) >= 11 is 0. The molecule has 4 aromatic heterocycles. The molecule has 0 fully saturated rings. The van der Waals surface area contributed by atoms with Crippen molar-refractivity contribution in [2.45, 2.75) is 0 Å². The molecule has 0 N–H and O–H groups in total. The molecular formula is C46H29N5. The first-order valence-corrected chi connectivity index (χ1v) is 17.3. The molecule has 5 nitrogen and oxygen atoms in total. The minimum atomic E-state index is 0.655. The molecule has 0 aliphatic rings. The van der Waals surface area contributed by atoms with Crippen LogP contribution in [-0.4, -0.2) is 23.7 Å². The molecule has 0 spiro atoms. The Morgan fingerprint density at radius 2 is 1.02 bits per heavy atom. The van der Waals surface area contributed by atoms with Gasteiger partial charge in [0.15, 0.2) is 0 Å². The normalized spacial score (nSPS) is 11.9. The topological polar surface area (TPSA) is 40.6 Å². The van der Waals surface area contributed by atoms with Crippen LogP contribution in [0.15, 0.2) is 176 Å². The van der Waals surface area contributed by atoms with Crippen molar-refractivity contribution < 1.29 is 0 Å². The monoisotopic (exact) mass is 651 g/mol. The molecule has 0 aliphatic carbocycles. The Hall–Kier alpha value is -6.98. The van der Waals surface area contributed by atoms with Crippen LogP contribution in [0, 0.1) is 0 Å². The van der Waals surface area contributed by atoms with E-state index in [2.05, 4.69) is 178 Å². The average molecular weight is 652 g/mol. The van der Waals surface area contributed by atoms with Gasteiger partial charge < -0.3 is 9.13 Å². The second-order valence-corrected chi connectivity index (χ2v) is 13.1. The Labute approximate surface area is 292 Å². The Bertz CT molecular complexity index is 3120. The third-order valence-corrected chi connectivity index (χ3v) is 10.3. The van der Waals surface area contributed by atoms with Crippen LogP contribution < -0.4 is 0 Å². The van der Waals surface area contributed by atoms with Crippen LogP contribution in [-0.2, 0) is 0 Å². The summed E-state index contributed by atoms with van der Waals surface area (Å²) in [5.74, 6) is 0.655. The Morgan fingerprint density at radius 1 is 0.373 bits per heavy atom. The predicted octanol–water partition coefficient (Wildman–Crippen LogP) is 11.4. The zero-order valence-electron chi connectivity index (χ0n) is 27.5. The molecule has 11 aromatic rings. The largest absolute Gasteiger partial charge is 0.316 e. The smallest absolute Gasteiger partial charge is 0.235 e. The molecule has 0 unspecified atom stereocenters. The van der Waals surface area contributed by atoms with Gasteiger partial charge in [0.2, 0.25) is 5.95 Å². The maximum Gasteiger partial charge on any atom is 0.235 e. The Balaban J connectivity index is 1.27. The molecule has 0 amide bonds. The summed E-state index contributed by atoms with van der Waals surface area (Å²) in [7, 11) is 0. The molecule has 0 saturated carbocycles. The lowest BCUT2D eigenvalue weighted by Crippen LogP contribution is -2.03. The quantitative estimate of drug-likeness (QED) is 0.190. The molecule has 7 aromatic carbocycles. The zero-order chi connectivity index (χ0) is 33.5. The van der Waals surface area contributed by atoms with E-state index in [-0.39, 0.29) is 0 Å². The molecule has 51 heavy (non-hydrogen) atoms. The van der Waals surface area contributed by atoms with Gasteiger partial charge in [-0.1, -0.05) is 109 Å². The zero-order valence-corrected chi connectivity index (χ0v) is 27.5. The van der Waals surface area contributed by atoms with Gasteiger partial charge in [0.1, 0.15) is 0 Å². The van der Waals surface area contributed by atoms with Gasteiger partial charge in [0.05, 0.1) is 38.8 Å². The summed E-state index contributed by atoms with van der Waals surface area (Å²) in [6.07, 6.45) is 2.19. The van der Waals surface area contributed by atoms with Crippen LogP contribution in [0.4, 0.5) is 0 Å². The van der Waals surface area contributed by atoms with Crippen molar-refractivity contribution >= 4 is 65.4 Å². The molecule has 0 atom stereocenters. The molecule has 0 bridgehead atoms. The van der Waals surface area contributed by atoms with E-state index in [9.17, 15) is 0 Å². The molecular weight excluding hydrogens is 623 g/mol. The molecule has 5 heteroatoms. The molecule has 0 saturated heterocycles. The van der Waals surface area contributed by atoms with Crippen LogP contribution in [0.2, 0.25) is 0 Å². The molecule has 0 radical (unpaired) electrons. The highest BCUT2D eigenvalue weighted by atomic mass is 15.2. The number of nitrogens with zero attached hydrogens (tertiary/aromatic N) is 5. The molecule has 0 aliphatic heterocycles. The highest BCUT2D eigenvalue weighted by Gasteiger charge is 2.22. The summed E-state index contributed by atoms with van der Waals surface area (Å²) in [5.41, 5.74) is 10.8. The van der Waals surface area contributed by atoms with Crippen LogP contribution >= 0.6 is 0 Å². The Morgan fingerprint density at radius 3 is 1.82 bits per heavy atom. The summed E-state index contributed by atoms with van der Waals surface area (Å²) in [4.78, 5) is 10.6. The van der Waals surface area contributed by atoms with Crippen LogP contribution in [0.1, 0.15) is 0 Å². The number of rotatable bonds is 4. The van der Waals surface area contributed by atoms with Gasteiger partial charge in [0.25, 0.3) is 0 Å². The first kappa shape index (κ1) is 27.9. The Kier molecular flexibility index (Phi) is 5.89. The van der Waals surface area contributed by atoms with E-state index in [0.717, 1.165) is 50.1 Å². The van der Waals surface area contributed by atoms with E-state index in [1.165, 1.54) is 38.0 Å². The second kappa shape index (κ2) is 10.8. The van der Waals surface area contributed by atoms with Crippen molar-refractivity contribution in [2.24, 2.45) is 0 Å². The van der Waals surface area contributed by atoms with Gasteiger partial charge in [-0.25, -0.2) is 9.97 Å². The number of fused-ring (bicyclic) bond motifs is 9. The van der Waals surface area contributed by atoms with Gasteiger partial charge in [-0.15, -0.1) is 0 Å². The van der Waals surface area contributed by atoms with Crippen LogP contribution in [0.5, 0.6) is 0 Å². The van der Waals surface area contributed by atoms with Gasteiger partial charge in [0, 0.05) is 55.5 Å². The van der Waals surface area contributed by atoms with E-state index < -0.39 is 0 Å². The van der Waals surface area contributed by atoms with Crippen molar-refractivity contribution in [2.75, 3.05) is 0 Å². The van der Waals surface area contributed by atoms with E-state index in [1.807, 2.05) is 12.1 Å². The van der Waals surface area contributed by atoms with Crippen molar-refractivity contribution in [3.8, 4) is 28.6 Å². The third-order valence-electron chi connectivity index (χ3n) is 10.3. The minimum Gasteiger partial charge on any atom is -0.316 e. The minimum absolute atomic E-state index is 0.655. The van der Waals surface area contributed by atoms with Crippen molar-refractivity contribution in [1.29, 1.82) is 0 Å². The summed E-state index contributed by atoms with van der Waals surface area (Å²) in [6, 6.07) is 60.2. The van der Waals surface area contributed by atoms with Gasteiger partial charge in [-0.2, -0.15) is 0 Å². The van der Waals surface area contributed by atoms with E-state index >= 15 is 0 Å². The standard InChI is InChI=1S/C46H29N5/c1-4-14-30(15-5-1)44-35-21-10-12-22-39(35)47-46(48-44)51-41-23-13-11-20-33(41)37-28-38-34-24-25-40-36(26-27-49(40)31-16-6-2-7-17-31)45(34)50(42(38)29-43(37)51)32-18-8-3-9-19-32/h1-29H. The highest BCUT2D eigenvalue weighted by Crippen LogP contribution is 2.42. The SMILES string of the molecule is c1ccc(-c2nc(-n3c4ccccc4c4cc5c6ccc7c(ccn7-c7ccccc7)c6n(-c6ccccc6)c5cc43)nc3ccccc23)cc1. The van der Waals surface area contributed by atoms with Crippen molar-refractivity contribution in [3.05, 3.63) is 176 Å². The van der Waals surface area contributed by atoms with E-state index in [4.69, 9.17) is 9.97 Å². The fourth-order valence-corrected chi connectivity index (χ4v) is 8.04. The summed E-state index contributed by atoms with van der Waals surface area (Å²) < 4.78 is 6.96. The third kappa shape index (κ3) is 4.09. The first-order valence-electron chi connectivity index (χ1n) is 17.3. The fraction of sp³-hybridized carbons (Fsp3) is 0. The van der Waals surface area contributed by atoms with Crippen molar-refractivity contribution in [1.82, 2.24) is 23.7 Å². The van der Waals surface area contributed by atoms with Crippen molar-refractivity contribution in [3.63, 3.8) is 0 Å². The number of hydrogen-bond acceptors (Lipinski definition) is 2. The number of aromatic nitrogens is 5. The lowest BCUT2D eigenvalue weighted by Gasteiger charge is -2.12. The maximum absolute atomic E-state index is 5.33. The maximum atomic E-state index is 5.33. The fourth-order valence-electron chi connectivity index (χ4n) is 8.04. The number of para-hydroxylation sites is 4. The lowest BCUT2D eigenvalue weighted by molar-refractivity contribution is 1.01. The first-order chi connectivity index (χ1) is 25.3. The number of hydrogen-bond donors (Lipinski definition) is 0. The summed E-state index contributed by atoms with van der Waals surface area (Å²) in [5, 5.41) is 7.02. The van der Waals surface area contributed by atoms with E-state index in [0.29, 0.717) is 5.95 Å². The number of benzene rings is 7. The molecule has 11 rings (SSSR count). The lowest BCUT2D eigenvalue weighted by atomic mass is 10.1. The van der Waals surface area contributed by atoms with Gasteiger partial charge >= 0.3 is 0 Å². The van der Waals surface area contributed by atoms with Crippen LogP contribution in [0.3, 0.4) is 0 Å². The predicted molar refractivity (Wildman–Crippen MR) is 210 cm³/mol. The molecule has 238 valence electrons. The summed E-state index contributed by atoms with van der Waals surface area (Å²) in [6.45, 7) is 0. The second-order valence-electron chi connectivity index (χ2n) is 13.1. The molecule has 4 heterocycles. The average Bonchev–Trinajstić information content (AvgIpc) is 3.87. The van der Waals surface area contributed by atoms with Gasteiger partial charge in [-0.05, 0) is 60.7 Å².